The maximum absolute atomic E-state index is 10.2. The van der Waals surface area contributed by atoms with Gasteiger partial charge in [0.25, 0.3) is 4.92 Å². The maximum atomic E-state index is 10.2. The number of rotatable bonds is 1. The number of nitrogens with zero attached hydrogens (tertiary/aromatic N) is 1. The summed E-state index contributed by atoms with van der Waals surface area (Å²) in [6, 6.07) is 6.64. The third-order valence-corrected chi connectivity index (χ3v) is 1.25. The number of hydrogen-bond acceptors (Lipinski definition) is 1. The predicted molar refractivity (Wildman–Crippen MR) is 36.3 cm³/mol. The molecule has 3 nitrogen and oxygen atoms in total. The highest BCUT2D eigenvalue weighted by molar-refractivity contribution is 5.31. The quantitative estimate of drug-likeness (QED) is 0.601. The predicted octanol–water partition coefficient (Wildman–Crippen LogP) is 1.79. The number of benzene rings is 1. The van der Waals surface area contributed by atoms with Crippen molar-refractivity contribution in [3.05, 3.63) is 34.7 Å². The van der Waals surface area contributed by atoms with E-state index in [1.54, 1.807) is 24.3 Å². The molecule has 0 saturated heterocycles. The summed E-state index contributed by atoms with van der Waals surface area (Å²) >= 11 is 0. The molecule has 0 aromatic heterocycles. The van der Waals surface area contributed by atoms with E-state index in [4.69, 9.17) is 5.21 Å². The van der Waals surface area contributed by atoms with Crippen molar-refractivity contribution in [1.82, 2.24) is 0 Å². The molecule has 0 aliphatic heterocycles. The summed E-state index contributed by atoms with van der Waals surface area (Å²) in [7, 11) is 0. The second-order valence-electron chi connectivity index (χ2n) is 2.11. The lowest BCUT2D eigenvalue weighted by atomic mass is 10.2. The molecule has 52 valence electrons. The minimum atomic E-state index is -0.153. The topological polar surface area (TPSA) is 40.3 Å². The molecule has 0 unspecified atom stereocenters. The molecule has 3 heteroatoms. The molecule has 1 aromatic carbocycles. The highest BCUT2D eigenvalue weighted by Gasteiger charge is 2.07. The van der Waals surface area contributed by atoms with Gasteiger partial charge >= 0.3 is 5.69 Å². The lowest BCUT2D eigenvalue weighted by Gasteiger charge is -1.86. The Kier molecular flexibility index (Phi) is 1.67. The SMILES string of the molecule is Cc1ccc([N+](=O)O)cc1. The third kappa shape index (κ3) is 1.31. The van der Waals surface area contributed by atoms with Crippen LogP contribution in [0.2, 0.25) is 0 Å². The second kappa shape index (κ2) is 2.47. The van der Waals surface area contributed by atoms with E-state index in [9.17, 15) is 4.91 Å². The van der Waals surface area contributed by atoms with Gasteiger partial charge in [-0.3, -0.25) is 0 Å². The summed E-state index contributed by atoms with van der Waals surface area (Å²) < 4.78 is 0. The zero-order chi connectivity index (χ0) is 7.56. The molecule has 0 bridgehead atoms. The van der Waals surface area contributed by atoms with Gasteiger partial charge in [-0.1, -0.05) is 17.7 Å². The molecule has 10 heavy (non-hydrogen) atoms. The minimum absolute atomic E-state index is 0.153. The maximum Gasteiger partial charge on any atom is 0.316 e. The summed E-state index contributed by atoms with van der Waals surface area (Å²) in [6.45, 7) is 1.91. The largest absolute Gasteiger partial charge is 0.316 e. The molecular formula is C7H8NO2+. The summed E-state index contributed by atoms with van der Waals surface area (Å²) in [5, 5.41) is 8.39. The van der Waals surface area contributed by atoms with E-state index >= 15 is 0 Å². The number of hydrogen-bond donors (Lipinski definition) is 1. The van der Waals surface area contributed by atoms with Gasteiger partial charge in [-0.2, -0.15) is 0 Å². The molecule has 0 saturated carbocycles. The van der Waals surface area contributed by atoms with E-state index in [1.165, 1.54) is 0 Å². The van der Waals surface area contributed by atoms with Crippen LogP contribution in [0, 0.1) is 11.8 Å². The van der Waals surface area contributed by atoms with Gasteiger partial charge < -0.3 is 0 Å². The molecule has 1 rings (SSSR count). The van der Waals surface area contributed by atoms with Gasteiger partial charge in [0, 0.05) is 12.1 Å². The first kappa shape index (κ1) is 6.74. The van der Waals surface area contributed by atoms with Crippen LogP contribution in [0.5, 0.6) is 0 Å². The van der Waals surface area contributed by atoms with Crippen LogP contribution in [0.1, 0.15) is 5.56 Å². The van der Waals surface area contributed by atoms with Crippen molar-refractivity contribution >= 4 is 5.69 Å². The van der Waals surface area contributed by atoms with Crippen molar-refractivity contribution in [1.29, 1.82) is 0 Å². The van der Waals surface area contributed by atoms with Gasteiger partial charge in [-0.25, -0.2) is 5.21 Å². The Morgan fingerprint density at radius 3 is 2.20 bits per heavy atom. The average molecular weight is 138 g/mol. The van der Waals surface area contributed by atoms with Gasteiger partial charge in [0.15, 0.2) is 0 Å². The first-order valence-corrected chi connectivity index (χ1v) is 2.93. The third-order valence-electron chi connectivity index (χ3n) is 1.25. The molecular weight excluding hydrogens is 130 g/mol. The van der Waals surface area contributed by atoms with Crippen LogP contribution in [0.15, 0.2) is 24.3 Å². The van der Waals surface area contributed by atoms with Crippen LogP contribution in [0.3, 0.4) is 0 Å². The van der Waals surface area contributed by atoms with E-state index in [-0.39, 0.29) is 10.6 Å². The molecule has 0 heterocycles. The fraction of sp³-hybridized carbons (Fsp3) is 0.143. The molecule has 0 aliphatic carbocycles. The van der Waals surface area contributed by atoms with Crippen molar-refractivity contribution in [2.24, 2.45) is 0 Å². The molecule has 1 N–H and O–H groups in total. The first-order valence-electron chi connectivity index (χ1n) is 2.93. The van der Waals surface area contributed by atoms with E-state index < -0.39 is 0 Å². The van der Waals surface area contributed by atoms with Gasteiger partial charge in [-0.05, 0) is 6.92 Å². The van der Waals surface area contributed by atoms with Crippen LogP contribution in [0.25, 0.3) is 0 Å². The molecule has 0 amide bonds. The van der Waals surface area contributed by atoms with Crippen molar-refractivity contribution in [3.63, 3.8) is 0 Å². The summed E-state index contributed by atoms with van der Waals surface area (Å²) in [5.41, 5.74) is 1.32. The second-order valence-corrected chi connectivity index (χ2v) is 2.11. The van der Waals surface area contributed by atoms with Crippen molar-refractivity contribution < 1.29 is 10.1 Å². The van der Waals surface area contributed by atoms with Crippen LogP contribution in [0.4, 0.5) is 5.69 Å². The van der Waals surface area contributed by atoms with Crippen LogP contribution in [-0.2, 0) is 0 Å². The monoisotopic (exact) mass is 138 g/mol. The first-order chi connectivity index (χ1) is 4.70. The van der Waals surface area contributed by atoms with Crippen LogP contribution in [-0.4, -0.2) is 10.1 Å². The van der Waals surface area contributed by atoms with E-state index in [1.807, 2.05) is 6.92 Å². The Hall–Kier alpha value is -1.38. The standard InChI is InChI=1S/C7H8NO2/c1-6-2-4-7(5-3-6)8(9)10/h2-5H,1H3,(H,9,10)/q+1. The fourth-order valence-corrected chi connectivity index (χ4v) is 0.672. The van der Waals surface area contributed by atoms with Crippen molar-refractivity contribution in [2.45, 2.75) is 6.92 Å². The summed E-state index contributed by atoms with van der Waals surface area (Å²) in [5.74, 6) is 0. The molecule has 0 radical (unpaired) electrons. The lowest BCUT2D eigenvalue weighted by Crippen LogP contribution is -1.90. The molecule has 1 aromatic rings. The Bertz CT molecular complexity index is 240. The molecule has 0 aliphatic rings. The van der Waals surface area contributed by atoms with Gasteiger partial charge in [0.1, 0.15) is 0 Å². The lowest BCUT2D eigenvalue weighted by molar-refractivity contribution is -0.729. The van der Waals surface area contributed by atoms with E-state index in [2.05, 4.69) is 0 Å². The van der Waals surface area contributed by atoms with E-state index in [0.29, 0.717) is 0 Å². The zero-order valence-corrected chi connectivity index (χ0v) is 5.61. The van der Waals surface area contributed by atoms with Crippen LogP contribution >= 0.6 is 0 Å². The fourth-order valence-electron chi connectivity index (χ4n) is 0.672. The summed E-state index contributed by atoms with van der Waals surface area (Å²) in [6.07, 6.45) is 0. The highest BCUT2D eigenvalue weighted by atomic mass is 16.6. The Morgan fingerprint density at radius 2 is 1.80 bits per heavy atom. The molecule has 0 spiro atoms. The highest BCUT2D eigenvalue weighted by Crippen LogP contribution is 2.09. The smallest absolute Gasteiger partial charge is 0.241 e. The van der Waals surface area contributed by atoms with E-state index in [0.717, 1.165) is 5.56 Å². The Morgan fingerprint density at radius 1 is 1.30 bits per heavy atom. The van der Waals surface area contributed by atoms with Crippen LogP contribution < -0.4 is 0 Å². The average Bonchev–Trinajstić information content (AvgIpc) is 1.88. The number of aryl methyl sites for hydroxylation is 1. The van der Waals surface area contributed by atoms with Crippen molar-refractivity contribution in [2.75, 3.05) is 0 Å². The van der Waals surface area contributed by atoms with Gasteiger partial charge in [0.2, 0.25) is 0 Å². The molecule has 0 atom stereocenters. The minimum Gasteiger partial charge on any atom is -0.241 e. The van der Waals surface area contributed by atoms with Gasteiger partial charge in [-0.15, -0.1) is 0 Å². The molecule has 0 fully saturated rings. The Labute approximate surface area is 58.4 Å². The Balaban J connectivity index is 3.00. The van der Waals surface area contributed by atoms with Gasteiger partial charge in [0.05, 0.1) is 4.91 Å². The summed E-state index contributed by atoms with van der Waals surface area (Å²) in [4.78, 5) is 10.1. The normalized spacial score (nSPS) is 9.30. The zero-order valence-electron chi connectivity index (χ0n) is 5.61. The van der Waals surface area contributed by atoms with Crippen molar-refractivity contribution in [3.8, 4) is 0 Å².